The van der Waals surface area contributed by atoms with Gasteiger partial charge >= 0.3 is 0 Å². The van der Waals surface area contributed by atoms with Gasteiger partial charge in [0.05, 0.1) is 22.4 Å². The molecular weight excluding hydrogens is 268 g/mol. The fraction of sp³-hybridized carbons (Fsp3) is 0. The molecule has 0 radical (unpaired) electrons. The molecule has 0 aliphatic heterocycles. The number of rotatable bonds is 2. The van der Waals surface area contributed by atoms with Crippen LogP contribution in [-0.4, -0.2) is 30.4 Å². The van der Waals surface area contributed by atoms with Gasteiger partial charge in [-0.3, -0.25) is 15.0 Å². The van der Waals surface area contributed by atoms with Crippen molar-refractivity contribution in [2.45, 2.75) is 0 Å². The van der Waals surface area contributed by atoms with Crippen molar-refractivity contribution < 1.29 is 0 Å². The van der Waals surface area contributed by atoms with Crippen LogP contribution in [0, 0.1) is 0 Å². The van der Waals surface area contributed by atoms with E-state index >= 15 is 0 Å². The Morgan fingerprint density at radius 2 is 1.67 bits per heavy atom. The number of hydrogen-bond acceptors (Lipinski definition) is 4. The summed E-state index contributed by atoms with van der Waals surface area (Å²) < 4.78 is 0. The third-order valence-corrected chi connectivity index (χ3v) is 3.27. The van der Waals surface area contributed by atoms with Crippen molar-refractivity contribution in [1.82, 2.24) is 30.4 Å². The van der Waals surface area contributed by atoms with Gasteiger partial charge in [0.1, 0.15) is 0 Å². The highest BCUT2D eigenvalue weighted by molar-refractivity contribution is 5.91. The third kappa shape index (κ3) is 1.83. The van der Waals surface area contributed by atoms with Crippen molar-refractivity contribution in [3.63, 3.8) is 0 Å². The molecule has 0 atom stereocenters. The highest BCUT2D eigenvalue weighted by atomic mass is 16.1. The first-order valence-electron chi connectivity index (χ1n) is 6.35. The Hall–Kier alpha value is -3.22. The van der Waals surface area contributed by atoms with Gasteiger partial charge in [-0.15, -0.1) is 0 Å². The molecule has 21 heavy (non-hydrogen) atoms. The van der Waals surface area contributed by atoms with Gasteiger partial charge in [0.2, 0.25) is 0 Å². The first kappa shape index (κ1) is 11.6. The van der Waals surface area contributed by atoms with Crippen LogP contribution < -0.4 is 5.56 Å². The van der Waals surface area contributed by atoms with Crippen molar-refractivity contribution in [3.05, 3.63) is 53.1 Å². The Labute approximate surface area is 118 Å². The monoisotopic (exact) mass is 278 g/mol. The summed E-state index contributed by atoms with van der Waals surface area (Å²) in [6, 6.07) is 9.18. The number of benzene rings is 1. The SMILES string of the molecule is O=c1[nH]c2cccc(-c3ccn[nH]3)c2nc1-c1ccn[nH]1. The van der Waals surface area contributed by atoms with E-state index in [-0.39, 0.29) is 5.56 Å². The van der Waals surface area contributed by atoms with Crippen LogP contribution in [0.2, 0.25) is 0 Å². The number of nitrogens with one attached hydrogen (secondary N) is 3. The molecule has 0 aliphatic rings. The van der Waals surface area contributed by atoms with Gasteiger partial charge in [-0.1, -0.05) is 12.1 Å². The van der Waals surface area contributed by atoms with Gasteiger partial charge in [0.15, 0.2) is 5.69 Å². The van der Waals surface area contributed by atoms with E-state index in [2.05, 4.69) is 30.4 Å². The molecule has 0 aliphatic carbocycles. The van der Waals surface area contributed by atoms with Gasteiger partial charge < -0.3 is 4.98 Å². The summed E-state index contributed by atoms with van der Waals surface area (Å²) in [6.07, 6.45) is 3.26. The summed E-state index contributed by atoms with van der Waals surface area (Å²) in [4.78, 5) is 19.5. The maximum Gasteiger partial charge on any atom is 0.276 e. The molecule has 0 saturated heterocycles. The molecule has 0 bridgehead atoms. The molecule has 0 unspecified atom stereocenters. The van der Waals surface area contributed by atoms with E-state index in [1.165, 1.54) is 0 Å². The Bertz CT molecular complexity index is 953. The summed E-state index contributed by atoms with van der Waals surface area (Å²) >= 11 is 0. The molecule has 0 fully saturated rings. The zero-order chi connectivity index (χ0) is 14.2. The van der Waals surface area contributed by atoms with E-state index in [1.54, 1.807) is 18.5 Å². The van der Waals surface area contributed by atoms with Gasteiger partial charge in [-0.2, -0.15) is 10.2 Å². The second-order valence-corrected chi connectivity index (χ2v) is 4.56. The van der Waals surface area contributed by atoms with Crippen molar-refractivity contribution in [3.8, 4) is 22.6 Å². The summed E-state index contributed by atoms with van der Waals surface area (Å²) in [5.41, 5.74) is 3.73. The minimum absolute atomic E-state index is 0.256. The molecule has 3 aromatic heterocycles. The lowest BCUT2D eigenvalue weighted by Gasteiger charge is -2.05. The number of H-pyrrole nitrogens is 3. The summed E-state index contributed by atoms with van der Waals surface area (Å²) in [5, 5.41) is 13.5. The van der Waals surface area contributed by atoms with Crippen molar-refractivity contribution in [2.75, 3.05) is 0 Å². The van der Waals surface area contributed by atoms with E-state index in [9.17, 15) is 4.79 Å². The lowest BCUT2D eigenvalue weighted by atomic mass is 10.1. The molecule has 4 aromatic rings. The number of nitrogens with zero attached hydrogens (tertiary/aromatic N) is 3. The zero-order valence-electron chi connectivity index (χ0n) is 10.8. The lowest BCUT2D eigenvalue weighted by molar-refractivity contribution is 1.08. The first-order chi connectivity index (χ1) is 10.3. The molecular formula is C14H10N6O. The largest absolute Gasteiger partial charge is 0.319 e. The minimum atomic E-state index is -0.256. The van der Waals surface area contributed by atoms with Crippen LogP contribution in [0.15, 0.2) is 47.5 Å². The molecule has 7 heteroatoms. The van der Waals surface area contributed by atoms with Crippen LogP contribution in [-0.2, 0) is 0 Å². The predicted molar refractivity (Wildman–Crippen MR) is 77.5 cm³/mol. The van der Waals surface area contributed by atoms with Crippen LogP contribution in [0.25, 0.3) is 33.7 Å². The lowest BCUT2D eigenvalue weighted by Crippen LogP contribution is -2.12. The van der Waals surface area contributed by atoms with Crippen LogP contribution in [0.5, 0.6) is 0 Å². The minimum Gasteiger partial charge on any atom is -0.319 e. The van der Waals surface area contributed by atoms with E-state index < -0.39 is 0 Å². The summed E-state index contributed by atoms with van der Waals surface area (Å²) in [5.74, 6) is 0. The number of aromatic nitrogens is 6. The topological polar surface area (TPSA) is 103 Å². The van der Waals surface area contributed by atoms with Crippen molar-refractivity contribution in [1.29, 1.82) is 0 Å². The van der Waals surface area contributed by atoms with Gasteiger partial charge in [0.25, 0.3) is 5.56 Å². The molecule has 4 rings (SSSR count). The number of hydrogen-bond donors (Lipinski definition) is 3. The van der Waals surface area contributed by atoms with Crippen LogP contribution in [0.4, 0.5) is 0 Å². The van der Waals surface area contributed by atoms with E-state index in [4.69, 9.17) is 0 Å². The second kappa shape index (κ2) is 4.41. The van der Waals surface area contributed by atoms with Gasteiger partial charge in [0, 0.05) is 18.0 Å². The van der Waals surface area contributed by atoms with E-state index in [0.29, 0.717) is 22.4 Å². The van der Waals surface area contributed by atoms with E-state index in [0.717, 1.165) is 11.3 Å². The fourth-order valence-electron chi connectivity index (χ4n) is 2.30. The standard InChI is InChI=1S/C14H10N6O/c21-14-13(11-5-7-16-20-11)18-12-8(9-4-6-15-19-9)2-1-3-10(12)17-14/h1-7H,(H,15,19)(H,16,20)(H,17,21). The Morgan fingerprint density at radius 1 is 0.905 bits per heavy atom. The number of aromatic amines is 3. The zero-order valence-corrected chi connectivity index (χ0v) is 10.8. The van der Waals surface area contributed by atoms with Crippen molar-refractivity contribution in [2.24, 2.45) is 0 Å². The molecule has 0 amide bonds. The average Bonchev–Trinajstić information content (AvgIpc) is 3.19. The summed E-state index contributed by atoms with van der Waals surface area (Å²) in [6.45, 7) is 0. The molecule has 102 valence electrons. The first-order valence-corrected chi connectivity index (χ1v) is 6.35. The highest BCUT2D eigenvalue weighted by Crippen LogP contribution is 2.25. The van der Waals surface area contributed by atoms with E-state index in [1.807, 2.05) is 24.3 Å². The normalized spacial score (nSPS) is 11.0. The number of fused-ring (bicyclic) bond motifs is 1. The van der Waals surface area contributed by atoms with Crippen LogP contribution in [0.3, 0.4) is 0 Å². The fourth-order valence-corrected chi connectivity index (χ4v) is 2.30. The molecule has 3 N–H and O–H groups in total. The third-order valence-electron chi connectivity index (χ3n) is 3.27. The number of para-hydroxylation sites is 1. The predicted octanol–water partition coefficient (Wildman–Crippen LogP) is 1.70. The van der Waals surface area contributed by atoms with Gasteiger partial charge in [-0.25, -0.2) is 4.98 Å². The Kier molecular flexibility index (Phi) is 2.43. The van der Waals surface area contributed by atoms with Crippen LogP contribution in [0.1, 0.15) is 0 Å². The smallest absolute Gasteiger partial charge is 0.276 e. The Morgan fingerprint density at radius 3 is 2.38 bits per heavy atom. The highest BCUT2D eigenvalue weighted by Gasteiger charge is 2.12. The maximum absolute atomic E-state index is 12.1. The molecule has 1 aromatic carbocycles. The van der Waals surface area contributed by atoms with Crippen molar-refractivity contribution >= 4 is 11.0 Å². The van der Waals surface area contributed by atoms with Gasteiger partial charge in [-0.05, 0) is 18.2 Å². The quantitative estimate of drug-likeness (QED) is 0.519. The molecule has 0 saturated carbocycles. The maximum atomic E-state index is 12.1. The molecule has 7 nitrogen and oxygen atoms in total. The van der Waals surface area contributed by atoms with Crippen LogP contribution >= 0.6 is 0 Å². The summed E-state index contributed by atoms with van der Waals surface area (Å²) in [7, 11) is 0. The second-order valence-electron chi connectivity index (χ2n) is 4.56. The molecule has 3 heterocycles. The molecule has 0 spiro atoms. The Balaban J connectivity index is 2.05. The average molecular weight is 278 g/mol.